The number of fused-ring (bicyclic) bond motifs is 1. The zero-order valence-electron chi connectivity index (χ0n) is 11.0. The Bertz CT molecular complexity index is 653. The summed E-state index contributed by atoms with van der Waals surface area (Å²) >= 11 is 5.90. The monoisotopic (exact) mass is 298 g/mol. The molecule has 2 aromatic rings. The number of aliphatic hydroxyl groups excluding tert-OH is 2. The lowest BCUT2D eigenvalue weighted by atomic mass is 10.2. The Kier molecular flexibility index (Phi) is 3.99. The van der Waals surface area contributed by atoms with Crippen molar-refractivity contribution in [1.29, 1.82) is 0 Å². The second kappa shape index (κ2) is 5.40. The molecule has 0 saturated carbocycles. The summed E-state index contributed by atoms with van der Waals surface area (Å²) in [5, 5.41) is 28.8. The summed E-state index contributed by atoms with van der Waals surface area (Å²) in [6, 6.07) is 4.99. The molecule has 0 aliphatic carbocycles. The number of aromatic nitrogens is 2. The first-order valence-electron chi connectivity index (χ1n) is 6.09. The molecule has 0 fully saturated rings. The number of aliphatic carboxylic acids is 1. The number of nitrogens with zero attached hydrogens (tertiary/aromatic N) is 2. The van der Waals surface area contributed by atoms with Crippen LogP contribution >= 0.6 is 11.6 Å². The van der Waals surface area contributed by atoms with E-state index >= 15 is 0 Å². The summed E-state index contributed by atoms with van der Waals surface area (Å²) in [5.74, 6) is -1.40. The lowest BCUT2D eigenvalue weighted by Crippen LogP contribution is -2.29. The van der Waals surface area contributed by atoms with Crippen LogP contribution in [-0.2, 0) is 4.79 Å². The molecule has 0 aliphatic rings. The maximum absolute atomic E-state index is 10.8. The second-order valence-corrected chi connectivity index (χ2v) is 5.23. The molecule has 7 heteroatoms. The SMILES string of the molecule is CC(C)n1c(C(O)C(O)C(=O)O)nc2cc(Cl)ccc21. The van der Waals surface area contributed by atoms with Crippen LogP contribution in [0.1, 0.15) is 31.8 Å². The van der Waals surface area contributed by atoms with Crippen LogP contribution < -0.4 is 0 Å². The number of carbonyl (C=O) groups is 1. The highest BCUT2D eigenvalue weighted by Gasteiger charge is 2.30. The summed E-state index contributed by atoms with van der Waals surface area (Å²) < 4.78 is 1.68. The third-order valence-corrected chi connectivity index (χ3v) is 3.25. The predicted octanol–water partition coefficient (Wildman–Crippen LogP) is 1.75. The molecular formula is C13H15ClN2O4. The number of hydrogen-bond donors (Lipinski definition) is 3. The molecule has 3 N–H and O–H groups in total. The van der Waals surface area contributed by atoms with Gasteiger partial charge in [0.2, 0.25) is 0 Å². The third kappa shape index (κ3) is 2.49. The van der Waals surface area contributed by atoms with E-state index in [2.05, 4.69) is 4.98 Å². The van der Waals surface area contributed by atoms with Crippen LogP contribution in [0.25, 0.3) is 11.0 Å². The molecule has 2 atom stereocenters. The van der Waals surface area contributed by atoms with Crippen molar-refractivity contribution < 1.29 is 20.1 Å². The van der Waals surface area contributed by atoms with Crippen LogP contribution in [0.15, 0.2) is 18.2 Å². The number of halogens is 1. The Morgan fingerprint density at radius 2 is 2.00 bits per heavy atom. The highest BCUT2D eigenvalue weighted by Crippen LogP contribution is 2.28. The van der Waals surface area contributed by atoms with E-state index in [0.717, 1.165) is 5.52 Å². The first kappa shape index (κ1) is 14.8. The van der Waals surface area contributed by atoms with Crippen LogP contribution in [0.3, 0.4) is 0 Å². The van der Waals surface area contributed by atoms with E-state index in [9.17, 15) is 15.0 Å². The van der Waals surface area contributed by atoms with Crippen molar-refractivity contribution in [3.8, 4) is 0 Å². The average molecular weight is 299 g/mol. The topological polar surface area (TPSA) is 95.6 Å². The summed E-state index contributed by atoms with van der Waals surface area (Å²) in [6.07, 6.45) is -3.54. The first-order chi connectivity index (χ1) is 9.32. The van der Waals surface area contributed by atoms with Gasteiger partial charge in [0.15, 0.2) is 6.10 Å². The molecule has 1 aromatic carbocycles. The highest BCUT2D eigenvalue weighted by molar-refractivity contribution is 6.31. The molecule has 0 aliphatic heterocycles. The molecule has 6 nitrogen and oxygen atoms in total. The largest absolute Gasteiger partial charge is 0.479 e. The lowest BCUT2D eigenvalue weighted by molar-refractivity contribution is -0.153. The quantitative estimate of drug-likeness (QED) is 0.799. The van der Waals surface area contributed by atoms with Crippen molar-refractivity contribution in [2.24, 2.45) is 0 Å². The minimum absolute atomic E-state index is 0.0631. The Balaban J connectivity index is 2.63. The van der Waals surface area contributed by atoms with Crippen molar-refractivity contribution in [2.75, 3.05) is 0 Å². The Labute approximate surface area is 120 Å². The summed E-state index contributed by atoms with van der Waals surface area (Å²) in [7, 11) is 0. The molecule has 2 unspecified atom stereocenters. The lowest BCUT2D eigenvalue weighted by Gasteiger charge is -2.18. The zero-order valence-corrected chi connectivity index (χ0v) is 11.7. The number of aliphatic hydroxyl groups is 2. The van der Waals surface area contributed by atoms with Gasteiger partial charge in [-0.15, -0.1) is 0 Å². The van der Waals surface area contributed by atoms with E-state index in [-0.39, 0.29) is 11.9 Å². The van der Waals surface area contributed by atoms with Gasteiger partial charge in [-0.1, -0.05) is 11.6 Å². The minimum Gasteiger partial charge on any atom is -0.479 e. The van der Waals surface area contributed by atoms with Crippen LogP contribution in [0.2, 0.25) is 5.02 Å². The molecule has 20 heavy (non-hydrogen) atoms. The van der Waals surface area contributed by atoms with Crippen molar-refractivity contribution in [3.63, 3.8) is 0 Å². The molecular weight excluding hydrogens is 284 g/mol. The number of hydrogen-bond acceptors (Lipinski definition) is 4. The fourth-order valence-corrected chi connectivity index (χ4v) is 2.28. The molecule has 1 heterocycles. The number of benzene rings is 1. The Morgan fingerprint density at radius 3 is 2.55 bits per heavy atom. The van der Waals surface area contributed by atoms with E-state index in [1.54, 1.807) is 22.8 Å². The van der Waals surface area contributed by atoms with Crippen LogP contribution in [0, 0.1) is 0 Å². The van der Waals surface area contributed by atoms with Gasteiger partial charge in [0.05, 0.1) is 11.0 Å². The van der Waals surface area contributed by atoms with E-state index in [1.165, 1.54) is 0 Å². The predicted molar refractivity (Wildman–Crippen MR) is 73.7 cm³/mol. The normalized spacial score (nSPS) is 14.7. The van der Waals surface area contributed by atoms with Gasteiger partial charge in [-0.2, -0.15) is 0 Å². The highest BCUT2D eigenvalue weighted by atomic mass is 35.5. The van der Waals surface area contributed by atoms with E-state index in [0.29, 0.717) is 10.5 Å². The summed E-state index contributed by atoms with van der Waals surface area (Å²) in [6.45, 7) is 3.75. The number of rotatable bonds is 4. The van der Waals surface area contributed by atoms with Crippen LogP contribution in [0.4, 0.5) is 0 Å². The van der Waals surface area contributed by atoms with Crippen molar-refractivity contribution in [3.05, 3.63) is 29.0 Å². The zero-order chi connectivity index (χ0) is 15.0. The Morgan fingerprint density at radius 1 is 1.35 bits per heavy atom. The maximum atomic E-state index is 10.8. The number of carboxylic acid groups (broad SMARTS) is 1. The van der Waals surface area contributed by atoms with Crippen molar-refractivity contribution in [1.82, 2.24) is 9.55 Å². The average Bonchev–Trinajstić information content (AvgIpc) is 2.74. The van der Waals surface area contributed by atoms with Crippen molar-refractivity contribution in [2.45, 2.75) is 32.1 Å². The van der Waals surface area contributed by atoms with Gasteiger partial charge >= 0.3 is 5.97 Å². The van der Waals surface area contributed by atoms with Gasteiger partial charge in [-0.3, -0.25) is 0 Å². The first-order valence-corrected chi connectivity index (χ1v) is 6.47. The summed E-state index contributed by atoms with van der Waals surface area (Å²) in [5.41, 5.74) is 1.26. The van der Waals surface area contributed by atoms with Gasteiger partial charge in [-0.05, 0) is 32.0 Å². The molecule has 0 saturated heterocycles. The molecule has 0 bridgehead atoms. The number of imidazole rings is 1. The fourth-order valence-electron chi connectivity index (χ4n) is 2.12. The van der Waals surface area contributed by atoms with E-state index in [1.807, 2.05) is 13.8 Å². The molecule has 0 amide bonds. The third-order valence-electron chi connectivity index (χ3n) is 3.01. The molecule has 1 aromatic heterocycles. The van der Waals surface area contributed by atoms with Crippen molar-refractivity contribution >= 4 is 28.6 Å². The fraction of sp³-hybridized carbons (Fsp3) is 0.385. The molecule has 0 spiro atoms. The van der Waals surface area contributed by atoms with Gasteiger partial charge in [0.25, 0.3) is 0 Å². The Hall–Kier alpha value is -1.63. The second-order valence-electron chi connectivity index (χ2n) is 4.79. The van der Waals surface area contributed by atoms with Gasteiger partial charge in [0.1, 0.15) is 11.9 Å². The van der Waals surface area contributed by atoms with Gasteiger partial charge in [-0.25, -0.2) is 9.78 Å². The maximum Gasteiger partial charge on any atom is 0.335 e. The van der Waals surface area contributed by atoms with E-state index in [4.69, 9.17) is 16.7 Å². The van der Waals surface area contributed by atoms with Crippen LogP contribution in [-0.4, -0.2) is 36.9 Å². The number of carboxylic acids is 1. The molecule has 2 rings (SSSR count). The summed E-state index contributed by atoms with van der Waals surface area (Å²) in [4.78, 5) is 15.0. The van der Waals surface area contributed by atoms with E-state index < -0.39 is 18.2 Å². The van der Waals surface area contributed by atoms with Gasteiger partial charge in [0, 0.05) is 11.1 Å². The molecule has 0 radical (unpaired) electrons. The van der Waals surface area contributed by atoms with Gasteiger partial charge < -0.3 is 19.9 Å². The van der Waals surface area contributed by atoms with Crippen LogP contribution in [0.5, 0.6) is 0 Å². The standard InChI is InChI=1S/C13H15ClN2O4/c1-6(2)16-9-4-3-7(14)5-8(9)15-12(16)10(17)11(18)13(19)20/h3-6,10-11,17-18H,1-2H3,(H,19,20). The molecule has 108 valence electrons. The minimum atomic E-state index is -1.93. The smallest absolute Gasteiger partial charge is 0.335 e.